The summed E-state index contributed by atoms with van der Waals surface area (Å²) in [6.07, 6.45) is 10.7. The first-order chi connectivity index (χ1) is 11.8. The number of amides is 2. The van der Waals surface area contributed by atoms with Crippen LogP contribution in [0.4, 0.5) is 0 Å². The molecule has 1 aliphatic heterocycles. The van der Waals surface area contributed by atoms with Crippen LogP contribution >= 0.6 is 0 Å². The zero-order chi connectivity index (χ0) is 16.3. The molecule has 4 heteroatoms. The van der Waals surface area contributed by atoms with Gasteiger partial charge in [0.1, 0.15) is 0 Å². The van der Waals surface area contributed by atoms with Crippen molar-refractivity contribution in [3.8, 4) is 0 Å². The molecule has 0 unspecified atom stereocenters. The van der Waals surface area contributed by atoms with Gasteiger partial charge in [0.25, 0.3) is 11.8 Å². The van der Waals surface area contributed by atoms with Gasteiger partial charge in [-0.3, -0.25) is 9.59 Å². The Hall–Kier alpha value is -2.49. The SMILES string of the molecule is O=C1[C@@H]2[C@H]3C=C[C@@H]([C@@H]4C[C@H]34)[C@@H]2C(=O)N1/N=C\C=C\c1ccccc1. The topological polar surface area (TPSA) is 49.7 Å². The van der Waals surface area contributed by atoms with E-state index < -0.39 is 0 Å². The first-order valence-electron chi connectivity index (χ1n) is 8.57. The summed E-state index contributed by atoms with van der Waals surface area (Å²) >= 11 is 0. The van der Waals surface area contributed by atoms with Gasteiger partial charge in [0.2, 0.25) is 0 Å². The smallest absolute Gasteiger partial charge is 0.254 e. The van der Waals surface area contributed by atoms with Crippen molar-refractivity contribution in [3.63, 3.8) is 0 Å². The lowest BCUT2D eigenvalue weighted by Gasteiger charge is -2.37. The van der Waals surface area contributed by atoms with E-state index in [0.717, 1.165) is 10.6 Å². The number of hydrogen-bond acceptors (Lipinski definition) is 3. The van der Waals surface area contributed by atoms with E-state index in [1.807, 2.05) is 36.4 Å². The van der Waals surface area contributed by atoms with E-state index in [9.17, 15) is 9.59 Å². The maximum atomic E-state index is 12.7. The lowest BCUT2D eigenvalue weighted by molar-refractivity contribution is -0.140. The third kappa shape index (κ3) is 1.89. The molecule has 0 aromatic heterocycles. The minimum absolute atomic E-state index is 0.112. The maximum absolute atomic E-state index is 12.7. The standard InChI is InChI=1S/C20H18N2O2/c23-19-17-13-8-9-14(16-11-15(13)16)18(17)20(24)22(19)21-10-4-7-12-5-2-1-3-6-12/h1-10,13-18H,11H2/b7-4+,21-10-/t13-,14-,15-,16+,17-,18+/m0/s1. The van der Waals surface area contributed by atoms with Gasteiger partial charge in [0, 0.05) is 6.21 Å². The Morgan fingerprint density at radius 1 is 0.958 bits per heavy atom. The third-order valence-corrected chi connectivity index (χ3v) is 6.00. The van der Waals surface area contributed by atoms with Crippen LogP contribution in [-0.2, 0) is 9.59 Å². The van der Waals surface area contributed by atoms with Gasteiger partial charge in [-0.2, -0.15) is 10.1 Å². The summed E-state index contributed by atoms with van der Waals surface area (Å²) in [5.41, 5.74) is 1.05. The van der Waals surface area contributed by atoms with Crippen molar-refractivity contribution in [3.05, 3.63) is 54.1 Å². The molecule has 2 saturated carbocycles. The summed E-state index contributed by atoms with van der Waals surface area (Å²) in [7, 11) is 0. The highest BCUT2D eigenvalue weighted by molar-refractivity contribution is 6.06. The Bertz CT molecular complexity index is 759. The van der Waals surface area contributed by atoms with Crippen LogP contribution < -0.4 is 0 Å². The molecule has 4 aliphatic carbocycles. The van der Waals surface area contributed by atoms with Crippen LogP contribution in [0.25, 0.3) is 6.08 Å². The second kappa shape index (κ2) is 5.00. The van der Waals surface area contributed by atoms with Crippen molar-refractivity contribution in [2.45, 2.75) is 6.42 Å². The quantitative estimate of drug-likeness (QED) is 0.489. The van der Waals surface area contributed by atoms with Gasteiger partial charge in [-0.05, 0) is 41.7 Å². The van der Waals surface area contributed by atoms with E-state index in [0.29, 0.717) is 11.8 Å². The minimum Gasteiger partial charge on any atom is -0.272 e. The number of carbonyl (C=O) groups excluding carboxylic acids is 2. The van der Waals surface area contributed by atoms with E-state index >= 15 is 0 Å². The van der Waals surface area contributed by atoms with Crippen molar-refractivity contribution in [2.75, 3.05) is 0 Å². The van der Waals surface area contributed by atoms with E-state index in [1.54, 1.807) is 6.08 Å². The average molecular weight is 318 g/mol. The molecule has 6 rings (SSSR count). The zero-order valence-electron chi connectivity index (χ0n) is 13.2. The lowest BCUT2D eigenvalue weighted by Crippen LogP contribution is -2.40. The second-order valence-electron chi connectivity index (χ2n) is 7.18. The average Bonchev–Trinajstić information content (AvgIpc) is 3.39. The van der Waals surface area contributed by atoms with Crippen molar-refractivity contribution >= 4 is 24.1 Å². The molecule has 1 heterocycles. The first kappa shape index (κ1) is 13.9. The minimum atomic E-state index is -0.175. The molecule has 120 valence electrons. The van der Waals surface area contributed by atoms with Gasteiger partial charge in [-0.25, -0.2) is 0 Å². The molecule has 1 aromatic carbocycles. The van der Waals surface area contributed by atoms with Crippen molar-refractivity contribution in [2.24, 2.45) is 40.6 Å². The Balaban J connectivity index is 1.35. The predicted molar refractivity (Wildman–Crippen MR) is 90.5 cm³/mol. The van der Waals surface area contributed by atoms with Crippen molar-refractivity contribution < 1.29 is 9.59 Å². The molecule has 4 nitrogen and oxygen atoms in total. The summed E-state index contributed by atoms with van der Waals surface area (Å²) in [5, 5.41) is 5.27. The molecule has 0 spiro atoms. The number of imide groups is 1. The number of carbonyl (C=O) groups is 2. The Labute approximate surface area is 140 Å². The van der Waals surface area contributed by atoms with Crippen LogP contribution in [0.15, 0.2) is 53.7 Å². The van der Waals surface area contributed by atoms with Gasteiger partial charge in [0.05, 0.1) is 11.8 Å². The normalized spacial score (nSPS) is 39.1. The fraction of sp³-hybridized carbons (Fsp3) is 0.350. The highest BCUT2D eigenvalue weighted by Crippen LogP contribution is 2.65. The monoisotopic (exact) mass is 318 g/mol. The molecule has 2 bridgehead atoms. The molecule has 6 atom stereocenters. The summed E-state index contributed by atoms with van der Waals surface area (Å²) in [6, 6.07) is 9.86. The Kier molecular flexibility index (Phi) is 2.90. The van der Waals surface area contributed by atoms with Crippen molar-refractivity contribution in [1.82, 2.24) is 5.01 Å². The molecule has 0 N–H and O–H groups in total. The van der Waals surface area contributed by atoms with E-state index in [-0.39, 0.29) is 35.5 Å². The van der Waals surface area contributed by atoms with Crippen LogP contribution in [0.5, 0.6) is 0 Å². The van der Waals surface area contributed by atoms with Crippen molar-refractivity contribution in [1.29, 1.82) is 0 Å². The highest BCUT2D eigenvalue weighted by atomic mass is 16.2. The van der Waals surface area contributed by atoms with E-state index in [2.05, 4.69) is 17.3 Å². The highest BCUT2D eigenvalue weighted by Gasteiger charge is 2.67. The molecule has 3 fully saturated rings. The summed E-state index contributed by atoms with van der Waals surface area (Å²) in [6.45, 7) is 0. The third-order valence-electron chi connectivity index (χ3n) is 6.00. The fourth-order valence-electron chi connectivity index (χ4n) is 4.88. The molecular weight excluding hydrogens is 300 g/mol. The summed E-state index contributed by atoms with van der Waals surface area (Å²) < 4.78 is 0. The van der Waals surface area contributed by atoms with Crippen LogP contribution in [0.3, 0.4) is 0 Å². The number of hydrazone groups is 1. The number of nitrogens with zero attached hydrogens (tertiary/aromatic N) is 2. The van der Waals surface area contributed by atoms with E-state index in [4.69, 9.17) is 0 Å². The fourth-order valence-corrected chi connectivity index (χ4v) is 4.88. The molecule has 1 aromatic rings. The Morgan fingerprint density at radius 3 is 2.21 bits per heavy atom. The van der Waals surface area contributed by atoms with Crippen LogP contribution in [0, 0.1) is 35.5 Å². The van der Waals surface area contributed by atoms with E-state index in [1.165, 1.54) is 12.6 Å². The van der Waals surface area contributed by atoms with Gasteiger partial charge < -0.3 is 0 Å². The molecular formula is C20H18N2O2. The van der Waals surface area contributed by atoms with Gasteiger partial charge in [0.15, 0.2) is 0 Å². The van der Waals surface area contributed by atoms with Crippen LogP contribution in [0.2, 0.25) is 0 Å². The van der Waals surface area contributed by atoms with Gasteiger partial charge in [-0.15, -0.1) is 0 Å². The number of hydrogen-bond donors (Lipinski definition) is 0. The lowest BCUT2D eigenvalue weighted by atomic mass is 9.63. The van der Waals surface area contributed by atoms with Gasteiger partial charge >= 0.3 is 0 Å². The molecule has 24 heavy (non-hydrogen) atoms. The summed E-state index contributed by atoms with van der Waals surface area (Å²) in [5.74, 6) is 1.18. The number of benzene rings is 1. The van der Waals surface area contributed by atoms with Gasteiger partial charge in [-0.1, -0.05) is 48.6 Å². The molecule has 0 radical (unpaired) electrons. The maximum Gasteiger partial charge on any atom is 0.254 e. The molecule has 2 amide bonds. The summed E-state index contributed by atoms with van der Waals surface area (Å²) in [4.78, 5) is 25.4. The Morgan fingerprint density at radius 2 is 1.58 bits per heavy atom. The number of rotatable bonds is 3. The van der Waals surface area contributed by atoms with Crippen LogP contribution in [0.1, 0.15) is 12.0 Å². The number of allylic oxidation sites excluding steroid dienone is 3. The van der Waals surface area contributed by atoms with Crippen LogP contribution in [-0.4, -0.2) is 23.0 Å². The zero-order valence-corrected chi connectivity index (χ0v) is 13.2. The predicted octanol–water partition coefficient (Wildman–Crippen LogP) is 2.74. The molecule has 5 aliphatic rings. The first-order valence-corrected chi connectivity index (χ1v) is 8.57. The molecule has 1 saturated heterocycles. The largest absolute Gasteiger partial charge is 0.272 e. The second-order valence-corrected chi connectivity index (χ2v) is 7.18.